The Morgan fingerprint density at radius 3 is 2.07 bits per heavy atom. The lowest BCUT2D eigenvalue weighted by molar-refractivity contribution is -0.758. The molecule has 0 aliphatic carbocycles. The number of hydrogen-bond donors (Lipinski definition) is 1. The molecule has 0 aromatic rings. The van der Waals surface area contributed by atoms with Gasteiger partial charge in [0.15, 0.2) is 0 Å². The van der Waals surface area contributed by atoms with Gasteiger partial charge in [0.2, 0.25) is 0 Å². The molecule has 0 spiro atoms. The summed E-state index contributed by atoms with van der Waals surface area (Å²) < 4.78 is 0. The Labute approximate surface area is 79.9 Å². The number of rotatable bonds is 6. The number of unbranched alkanes of at least 4 members (excludes halogenated alkanes) is 1. The third-order valence-corrected chi connectivity index (χ3v) is 1.08. The molecule has 0 rings (SSSR count). The van der Waals surface area contributed by atoms with Crippen molar-refractivity contribution in [3.63, 3.8) is 0 Å². The van der Waals surface area contributed by atoms with Crippen LogP contribution >= 0.6 is 0 Å². The van der Waals surface area contributed by atoms with Gasteiger partial charge in [0.05, 0.1) is 25.3 Å². The molecule has 0 saturated heterocycles. The summed E-state index contributed by atoms with van der Waals surface area (Å²) in [6, 6.07) is 0. The van der Waals surface area contributed by atoms with Crippen molar-refractivity contribution in [2.45, 2.75) is 12.8 Å². The van der Waals surface area contributed by atoms with E-state index in [0.29, 0.717) is 0 Å². The van der Waals surface area contributed by atoms with Crippen LogP contribution < -0.4 is 5.32 Å². The maximum absolute atomic E-state index is 9.61. The van der Waals surface area contributed by atoms with Crippen molar-refractivity contribution in [1.82, 2.24) is 0 Å². The summed E-state index contributed by atoms with van der Waals surface area (Å²) in [6.45, 7) is 1.22. The molecule has 2 N–H and O–H groups in total. The molecule has 0 atom stereocenters. The predicted molar refractivity (Wildman–Crippen MR) is 45.3 cm³/mol. The smallest absolute Gasteiger partial charge is 0.294 e. The van der Waals surface area contributed by atoms with Gasteiger partial charge in [-0.05, 0) is 12.8 Å². The normalized spacial score (nSPS) is 8.36. The Kier molecular flexibility index (Phi) is 12.1. The molecule has 0 aromatic heterocycles. The van der Waals surface area contributed by atoms with Gasteiger partial charge in [-0.3, -0.25) is 0 Å². The molecule has 0 amide bonds. The van der Waals surface area contributed by atoms with Crippen LogP contribution in [0.2, 0.25) is 0 Å². The lowest BCUT2D eigenvalue weighted by Gasteiger charge is -1.96. The largest absolute Gasteiger partial charge is 0.356 e. The van der Waals surface area contributed by atoms with E-state index in [1.54, 1.807) is 0 Å². The summed E-state index contributed by atoms with van der Waals surface area (Å²) in [4.78, 5) is 22.0. The molecular formula is C5H13N3O6. The highest BCUT2D eigenvalue weighted by Gasteiger charge is 1.93. The van der Waals surface area contributed by atoms with E-state index in [0.717, 1.165) is 19.4 Å². The zero-order valence-corrected chi connectivity index (χ0v) is 7.75. The number of nitrogens with zero attached hydrogens (tertiary/aromatic N) is 2. The fourth-order valence-electron chi connectivity index (χ4n) is 0.590. The summed E-state index contributed by atoms with van der Waals surface area (Å²) in [5.41, 5.74) is 0. The van der Waals surface area contributed by atoms with Crippen molar-refractivity contribution in [3.05, 3.63) is 25.4 Å². The molecule has 0 aromatic carbocycles. The Balaban J connectivity index is 0. The van der Waals surface area contributed by atoms with E-state index in [9.17, 15) is 10.1 Å². The van der Waals surface area contributed by atoms with E-state index >= 15 is 0 Å². The average molecular weight is 211 g/mol. The first kappa shape index (κ1) is 14.9. The average Bonchev–Trinajstić information content (AvgIpc) is 2.02. The molecule has 9 nitrogen and oxygen atoms in total. The minimum Gasteiger partial charge on any atom is -0.356 e. The first-order valence-electron chi connectivity index (χ1n) is 3.87. The van der Waals surface area contributed by atoms with Gasteiger partial charge < -0.3 is 25.5 Å². The third kappa shape index (κ3) is 31.6. The van der Waals surface area contributed by atoms with Crippen LogP contribution in [0.15, 0.2) is 0 Å². The molecule has 0 bridgehead atoms. The molecule has 0 heterocycles. The molecule has 0 saturated carbocycles. The van der Waals surface area contributed by atoms with Gasteiger partial charge in [0, 0.05) is 0 Å². The molecule has 0 radical (unpaired) electrons. The summed E-state index contributed by atoms with van der Waals surface area (Å²) in [5.74, 6) is 0. The van der Waals surface area contributed by atoms with Gasteiger partial charge >= 0.3 is 0 Å². The Morgan fingerprint density at radius 1 is 1.21 bits per heavy atom. The van der Waals surface area contributed by atoms with Crippen LogP contribution in [-0.4, -0.2) is 30.4 Å². The zero-order valence-electron chi connectivity index (χ0n) is 7.75. The second kappa shape index (κ2) is 11.4. The van der Waals surface area contributed by atoms with Gasteiger partial charge in [0.1, 0.15) is 0 Å². The van der Waals surface area contributed by atoms with Crippen LogP contribution in [0.25, 0.3) is 0 Å². The Bertz CT molecular complexity index is 160. The van der Waals surface area contributed by atoms with Crippen molar-refractivity contribution in [1.29, 1.82) is 0 Å². The monoisotopic (exact) mass is 211 g/mol. The summed E-state index contributed by atoms with van der Waals surface area (Å²) in [5, 5.41) is 25.6. The highest BCUT2D eigenvalue weighted by atomic mass is 16.9. The first-order valence-corrected chi connectivity index (χ1v) is 3.87. The van der Waals surface area contributed by atoms with Crippen LogP contribution in [-0.2, 0) is 4.84 Å². The van der Waals surface area contributed by atoms with E-state index < -0.39 is 10.2 Å². The molecular weight excluding hydrogens is 198 g/mol. The van der Waals surface area contributed by atoms with E-state index in [-0.39, 0.29) is 6.61 Å². The maximum atomic E-state index is 9.61. The van der Waals surface area contributed by atoms with Gasteiger partial charge in [0.25, 0.3) is 5.09 Å². The molecule has 0 aliphatic heterocycles. The summed E-state index contributed by atoms with van der Waals surface area (Å²) >= 11 is 0. The van der Waals surface area contributed by atoms with Gasteiger partial charge in [-0.25, -0.2) is 0 Å². The van der Waals surface area contributed by atoms with Crippen LogP contribution in [0.3, 0.4) is 0 Å². The second-order valence-corrected chi connectivity index (χ2v) is 2.18. The SMILES string of the molecule is C[NH2+]CCCCO[N+](=O)[O-].O=[N+]([O-])[O-]. The van der Waals surface area contributed by atoms with Crippen molar-refractivity contribution in [3.8, 4) is 0 Å². The molecule has 0 aliphatic rings. The molecule has 0 fully saturated rings. The minimum absolute atomic E-state index is 0.223. The molecule has 84 valence electrons. The van der Waals surface area contributed by atoms with Crippen LogP contribution in [0, 0.1) is 25.4 Å². The van der Waals surface area contributed by atoms with Gasteiger partial charge in [-0.15, -0.1) is 10.1 Å². The van der Waals surface area contributed by atoms with Crippen LogP contribution in [0.5, 0.6) is 0 Å². The third-order valence-electron chi connectivity index (χ3n) is 1.08. The van der Waals surface area contributed by atoms with E-state index in [1.165, 1.54) is 0 Å². The summed E-state index contributed by atoms with van der Waals surface area (Å²) in [7, 11) is 1.97. The summed E-state index contributed by atoms with van der Waals surface area (Å²) in [6.07, 6.45) is 1.72. The highest BCUT2D eigenvalue weighted by Crippen LogP contribution is 1.85. The minimum atomic E-state index is -1.75. The fraction of sp³-hybridized carbons (Fsp3) is 1.00. The van der Waals surface area contributed by atoms with Crippen molar-refractivity contribution < 1.29 is 20.3 Å². The van der Waals surface area contributed by atoms with Gasteiger partial charge in [-0.1, -0.05) is 0 Å². The number of quaternary nitrogens is 1. The highest BCUT2D eigenvalue weighted by molar-refractivity contribution is 4.31. The van der Waals surface area contributed by atoms with E-state index in [4.69, 9.17) is 15.3 Å². The zero-order chi connectivity index (χ0) is 11.4. The van der Waals surface area contributed by atoms with E-state index in [2.05, 4.69) is 4.84 Å². The molecule has 14 heavy (non-hydrogen) atoms. The van der Waals surface area contributed by atoms with E-state index in [1.807, 2.05) is 12.4 Å². The Hall–Kier alpha value is -1.64. The number of nitrogens with two attached hydrogens (primary N) is 1. The Morgan fingerprint density at radius 2 is 1.71 bits per heavy atom. The molecule has 9 heteroatoms. The second-order valence-electron chi connectivity index (χ2n) is 2.18. The predicted octanol–water partition coefficient (Wildman–Crippen LogP) is -1.07. The van der Waals surface area contributed by atoms with Crippen LogP contribution in [0.4, 0.5) is 0 Å². The topological polar surface area (TPSA) is 135 Å². The standard InChI is InChI=1S/C5H12N2O3.NO3/c1-6-4-2-3-5-10-7(8)9;2-1(3)4/h6H,2-5H2,1H3;/q;-1/p+1. The molecule has 0 unspecified atom stereocenters. The quantitative estimate of drug-likeness (QED) is 0.337. The number of hydrogen-bond acceptors (Lipinski definition) is 6. The van der Waals surface area contributed by atoms with Crippen LogP contribution in [0.1, 0.15) is 12.8 Å². The van der Waals surface area contributed by atoms with Crippen molar-refractivity contribution >= 4 is 0 Å². The maximum Gasteiger partial charge on any atom is 0.294 e. The lowest BCUT2D eigenvalue weighted by atomic mass is 10.3. The lowest BCUT2D eigenvalue weighted by Crippen LogP contribution is -2.79. The van der Waals surface area contributed by atoms with Crippen molar-refractivity contribution in [2.24, 2.45) is 0 Å². The van der Waals surface area contributed by atoms with Crippen molar-refractivity contribution in [2.75, 3.05) is 20.2 Å². The first-order chi connectivity index (χ1) is 6.50. The fourth-order valence-corrected chi connectivity index (χ4v) is 0.590. The van der Waals surface area contributed by atoms with Gasteiger partial charge in [-0.2, -0.15) is 0 Å².